The number of carbonyl (C=O) groups is 1. The summed E-state index contributed by atoms with van der Waals surface area (Å²) in [5, 5.41) is 2.83. The number of aromatic amines is 1. The maximum Gasteiger partial charge on any atom is 0.321 e. The standard InChI is InChI=1S/C13H16N4O/c1-10-3-5-11(6-4-10)16-13(18)17(2)9-12-14-7-8-15-12/h3-8H,9H2,1-2H3,(H,14,15)(H,16,18). The SMILES string of the molecule is Cc1ccc(NC(=O)N(C)Cc2ncc[nH]2)cc1. The lowest BCUT2D eigenvalue weighted by Gasteiger charge is -2.16. The first-order chi connectivity index (χ1) is 8.65. The monoisotopic (exact) mass is 244 g/mol. The number of aryl methyl sites for hydroxylation is 1. The summed E-state index contributed by atoms with van der Waals surface area (Å²) in [6.07, 6.45) is 3.40. The molecule has 2 N–H and O–H groups in total. The molecule has 2 rings (SSSR count). The van der Waals surface area contributed by atoms with E-state index >= 15 is 0 Å². The van der Waals surface area contributed by atoms with Gasteiger partial charge in [-0.15, -0.1) is 0 Å². The summed E-state index contributed by atoms with van der Waals surface area (Å²) in [4.78, 5) is 20.5. The number of nitrogens with one attached hydrogen (secondary N) is 2. The molecule has 0 unspecified atom stereocenters. The lowest BCUT2D eigenvalue weighted by molar-refractivity contribution is 0.219. The average Bonchev–Trinajstić information content (AvgIpc) is 2.85. The van der Waals surface area contributed by atoms with E-state index in [2.05, 4.69) is 15.3 Å². The van der Waals surface area contributed by atoms with Gasteiger partial charge >= 0.3 is 6.03 Å². The van der Waals surface area contributed by atoms with E-state index in [0.717, 1.165) is 17.1 Å². The predicted octanol–water partition coefficient (Wildman–Crippen LogP) is 2.38. The molecule has 94 valence electrons. The summed E-state index contributed by atoms with van der Waals surface area (Å²) in [6.45, 7) is 2.46. The Balaban J connectivity index is 1.93. The van der Waals surface area contributed by atoms with Gasteiger partial charge in [-0.3, -0.25) is 0 Å². The van der Waals surface area contributed by atoms with Crippen molar-refractivity contribution in [2.24, 2.45) is 0 Å². The third-order valence-corrected chi connectivity index (χ3v) is 2.59. The van der Waals surface area contributed by atoms with Gasteiger partial charge in [-0.2, -0.15) is 0 Å². The van der Waals surface area contributed by atoms with Gasteiger partial charge in [0.25, 0.3) is 0 Å². The number of aromatic nitrogens is 2. The molecule has 0 fully saturated rings. The number of benzene rings is 1. The minimum atomic E-state index is -0.157. The Morgan fingerprint density at radius 1 is 1.39 bits per heavy atom. The molecule has 5 nitrogen and oxygen atoms in total. The van der Waals surface area contributed by atoms with Gasteiger partial charge in [0.1, 0.15) is 5.82 Å². The Bertz CT molecular complexity index is 504. The number of anilines is 1. The molecule has 5 heteroatoms. The fraction of sp³-hybridized carbons (Fsp3) is 0.231. The van der Waals surface area contributed by atoms with E-state index < -0.39 is 0 Å². The third kappa shape index (κ3) is 3.10. The minimum absolute atomic E-state index is 0.157. The summed E-state index contributed by atoms with van der Waals surface area (Å²) in [6, 6.07) is 7.53. The van der Waals surface area contributed by atoms with Crippen LogP contribution in [-0.2, 0) is 6.54 Å². The van der Waals surface area contributed by atoms with Gasteiger partial charge in [0.05, 0.1) is 6.54 Å². The molecule has 2 amide bonds. The van der Waals surface area contributed by atoms with E-state index in [1.54, 1.807) is 24.3 Å². The van der Waals surface area contributed by atoms with Crippen molar-refractivity contribution < 1.29 is 4.79 Å². The van der Waals surface area contributed by atoms with E-state index in [4.69, 9.17) is 0 Å². The molecule has 1 aromatic heterocycles. The van der Waals surface area contributed by atoms with Crippen molar-refractivity contribution >= 4 is 11.7 Å². The molecular formula is C13H16N4O. The van der Waals surface area contributed by atoms with Crippen molar-refractivity contribution in [3.63, 3.8) is 0 Å². The molecule has 0 bridgehead atoms. The van der Waals surface area contributed by atoms with E-state index in [1.807, 2.05) is 31.2 Å². The van der Waals surface area contributed by atoms with Crippen molar-refractivity contribution in [2.45, 2.75) is 13.5 Å². The fourth-order valence-electron chi connectivity index (χ4n) is 1.54. The van der Waals surface area contributed by atoms with Crippen LogP contribution in [0.3, 0.4) is 0 Å². The number of H-pyrrole nitrogens is 1. The number of amides is 2. The predicted molar refractivity (Wildman–Crippen MR) is 70.3 cm³/mol. The number of carbonyl (C=O) groups excluding carboxylic acids is 1. The number of imidazole rings is 1. The molecule has 0 saturated carbocycles. The Morgan fingerprint density at radius 2 is 2.11 bits per heavy atom. The Kier molecular flexibility index (Phi) is 3.62. The fourth-order valence-corrected chi connectivity index (χ4v) is 1.54. The highest BCUT2D eigenvalue weighted by atomic mass is 16.2. The molecule has 0 aliphatic heterocycles. The zero-order chi connectivity index (χ0) is 13.0. The number of urea groups is 1. The van der Waals surface area contributed by atoms with Crippen LogP contribution in [0.2, 0.25) is 0 Å². The van der Waals surface area contributed by atoms with Gasteiger partial charge < -0.3 is 15.2 Å². The Labute approximate surface area is 106 Å². The number of nitrogens with zero attached hydrogens (tertiary/aromatic N) is 2. The third-order valence-electron chi connectivity index (χ3n) is 2.59. The summed E-state index contributed by atoms with van der Waals surface area (Å²) >= 11 is 0. The molecule has 18 heavy (non-hydrogen) atoms. The van der Waals surface area contributed by atoms with Crippen LogP contribution in [0.5, 0.6) is 0 Å². The molecule has 0 aliphatic rings. The molecule has 1 heterocycles. The number of hydrogen-bond donors (Lipinski definition) is 2. The van der Waals surface area contributed by atoms with Gasteiger partial charge in [0.15, 0.2) is 0 Å². The summed E-state index contributed by atoms with van der Waals surface area (Å²) < 4.78 is 0. The van der Waals surface area contributed by atoms with Crippen LogP contribution < -0.4 is 5.32 Å². The van der Waals surface area contributed by atoms with Crippen LogP contribution in [0, 0.1) is 6.92 Å². The van der Waals surface area contributed by atoms with E-state index in [9.17, 15) is 4.79 Å². The second-order valence-electron chi connectivity index (χ2n) is 4.19. The van der Waals surface area contributed by atoms with Gasteiger partial charge in [-0.1, -0.05) is 17.7 Å². The largest absolute Gasteiger partial charge is 0.347 e. The van der Waals surface area contributed by atoms with Crippen LogP contribution in [0.25, 0.3) is 0 Å². The number of hydrogen-bond acceptors (Lipinski definition) is 2. The normalized spacial score (nSPS) is 10.1. The second kappa shape index (κ2) is 5.35. The first kappa shape index (κ1) is 12.2. The second-order valence-corrected chi connectivity index (χ2v) is 4.19. The van der Waals surface area contributed by atoms with Crippen LogP contribution in [-0.4, -0.2) is 27.9 Å². The van der Waals surface area contributed by atoms with Crippen molar-refractivity contribution in [1.82, 2.24) is 14.9 Å². The van der Waals surface area contributed by atoms with E-state index in [1.165, 1.54) is 0 Å². The molecule has 0 saturated heterocycles. The molecule has 0 atom stereocenters. The minimum Gasteiger partial charge on any atom is -0.347 e. The summed E-state index contributed by atoms with van der Waals surface area (Å²) in [5.74, 6) is 0.761. The highest BCUT2D eigenvalue weighted by Crippen LogP contribution is 2.09. The Morgan fingerprint density at radius 3 is 2.72 bits per heavy atom. The summed E-state index contributed by atoms with van der Waals surface area (Å²) in [7, 11) is 1.73. The first-order valence-electron chi connectivity index (χ1n) is 5.72. The maximum atomic E-state index is 11.9. The zero-order valence-corrected chi connectivity index (χ0v) is 10.5. The zero-order valence-electron chi connectivity index (χ0n) is 10.5. The van der Waals surface area contributed by atoms with Crippen molar-refractivity contribution in [2.75, 3.05) is 12.4 Å². The molecule has 0 aliphatic carbocycles. The van der Waals surface area contributed by atoms with Gasteiger partial charge in [0.2, 0.25) is 0 Å². The lowest BCUT2D eigenvalue weighted by atomic mass is 10.2. The number of rotatable bonds is 3. The molecule has 0 radical (unpaired) electrons. The average molecular weight is 244 g/mol. The maximum absolute atomic E-state index is 11.9. The van der Waals surface area contributed by atoms with Crippen molar-refractivity contribution in [1.29, 1.82) is 0 Å². The van der Waals surface area contributed by atoms with Crippen LogP contribution in [0.4, 0.5) is 10.5 Å². The topological polar surface area (TPSA) is 61.0 Å². The highest BCUT2D eigenvalue weighted by molar-refractivity contribution is 5.89. The quantitative estimate of drug-likeness (QED) is 0.870. The molecule has 2 aromatic rings. The van der Waals surface area contributed by atoms with E-state index in [-0.39, 0.29) is 6.03 Å². The molecule has 0 spiro atoms. The van der Waals surface area contributed by atoms with Crippen LogP contribution in [0.1, 0.15) is 11.4 Å². The van der Waals surface area contributed by atoms with Crippen molar-refractivity contribution in [3.05, 3.63) is 48.0 Å². The summed E-state index contributed by atoms with van der Waals surface area (Å²) in [5.41, 5.74) is 1.95. The molecular weight excluding hydrogens is 228 g/mol. The first-order valence-corrected chi connectivity index (χ1v) is 5.72. The van der Waals surface area contributed by atoms with Crippen LogP contribution in [0.15, 0.2) is 36.7 Å². The van der Waals surface area contributed by atoms with Crippen LogP contribution >= 0.6 is 0 Å². The highest BCUT2D eigenvalue weighted by Gasteiger charge is 2.10. The van der Waals surface area contributed by atoms with Crippen molar-refractivity contribution in [3.8, 4) is 0 Å². The lowest BCUT2D eigenvalue weighted by Crippen LogP contribution is -2.31. The smallest absolute Gasteiger partial charge is 0.321 e. The van der Waals surface area contributed by atoms with Gasteiger partial charge in [-0.25, -0.2) is 9.78 Å². The Hall–Kier alpha value is -2.30. The molecule has 1 aromatic carbocycles. The van der Waals surface area contributed by atoms with Gasteiger partial charge in [-0.05, 0) is 19.1 Å². The van der Waals surface area contributed by atoms with E-state index in [0.29, 0.717) is 6.54 Å². The van der Waals surface area contributed by atoms with Gasteiger partial charge in [0, 0.05) is 25.1 Å².